The van der Waals surface area contributed by atoms with E-state index in [1.807, 2.05) is 21.8 Å². The highest BCUT2D eigenvalue weighted by Crippen LogP contribution is 2.27. The Kier molecular flexibility index (Phi) is 4.08. The fourth-order valence-corrected chi connectivity index (χ4v) is 4.04. The molecule has 0 radical (unpaired) electrons. The smallest absolute Gasteiger partial charge is 0.227 e. The minimum Gasteiger partial charge on any atom is -0.335 e. The second-order valence-corrected chi connectivity index (χ2v) is 7.37. The highest BCUT2D eigenvalue weighted by Gasteiger charge is 2.24. The van der Waals surface area contributed by atoms with Gasteiger partial charge in [0.15, 0.2) is 0 Å². The number of halogens is 1. The number of nitrogens with zero attached hydrogens (tertiary/aromatic N) is 3. The van der Waals surface area contributed by atoms with Crippen LogP contribution in [0.5, 0.6) is 0 Å². The number of carbonyl (C=O) groups is 1. The standard InChI is InChI=1S/C23H20FN3O/c24-20-8-6-18(7-9-20)21-14-25-27-11-10-26(15-22(21)27)23(28)13-16-4-5-17-2-1-3-19(17)12-16/h1-2,4-9,12,14H,3,10-11,13,15H2. The van der Waals surface area contributed by atoms with Crippen molar-refractivity contribution in [3.8, 4) is 11.1 Å². The molecule has 1 amide bonds. The van der Waals surface area contributed by atoms with Gasteiger partial charge in [-0.25, -0.2) is 4.39 Å². The first kappa shape index (κ1) is 16.9. The Hall–Kier alpha value is -3.21. The lowest BCUT2D eigenvalue weighted by atomic mass is 10.0. The monoisotopic (exact) mass is 373 g/mol. The lowest BCUT2D eigenvalue weighted by Crippen LogP contribution is -2.39. The zero-order valence-electron chi connectivity index (χ0n) is 15.4. The Morgan fingerprint density at radius 3 is 2.82 bits per heavy atom. The maximum atomic E-state index is 13.2. The van der Waals surface area contributed by atoms with Crippen LogP contribution in [0.25, 0.3) is 17.2 Å². The summed E-state index contributed by atoms with van der Waals surface area (Å²) in [5.74, 6) is -0.130. The molecule has 2 aliphatic rings. The van der Waals surface area contributed by atoms with E-state index in [1.54, 1.807) is 12.1 Å². The minimum atomic E-state index is -0.258. The molecule has 2 heterocycles. The van der Waals surface area contributed by atoms with E-state index in [1.165, 1.54) is 23.3 Å². The lowest BCUT2D eigenvalue weighted by Gasteiger charge is -2.28. The second-order valence-electron chi connectivity index (χ2n) is 7.37. The van der Waals surface area contributed by atoms with Crippen LogP contribution in [0.15, 0.2) is 54.7 Å². The first-order valence-electron chi connectivity index (χ1n) is 9.54. The number of aromatic nitrogens is 2. The van der Waals surface area contributed by atoms with Crippen molar-refractivity contribution in [3.05, 3.63) is 82.9 Å². The molecule has 0 N–H and O–H groups in total. The molecule has 0 saturated heterocycles. The van der Waals surface area contributed by atoms with Crippen molar-refractivity contribution < 1.29 is 9.18 Å². The van der Waals surface area contributed by atoms with E-state index in [0.29, 0.717) is 26.1 Å². The van der Waals surface area contributed by atoms with Gasteiger partial charge in [-0.05, 0) is 40.8 Å². The fourth-order valence-electron chi connectivity index (χ4n) is 4.04. The van der Waals surface area contributed by atoms with Crippen LogP contribution in [-0.4, -0.2) is 27.1 Å². The van der Waals surface area contributed by atoms with Crippen LogP contribution in [0.3, 0.4) is 0 Å². The maximum Gasteiger partial charge on any atom is 0.227 e. The quantitative estimate of drug-likeness (QED) is 0.700. The van der Waals surface area contributed by atoms with E-state index >= 15 is 0 Å². The third kappa shape index (κ3) is 3.03. The van der Waals surface area contributed by atoms with Gasteiger partial charge in [0.25, 0.3) is 0 Å². The zero-order chi connectivity index (χ0) is 19.1. The molecule has 5 heteroatoms. The topological polar surface area (TPSA) is 38.1 Å². The number of allylic oxidation sites excluding steroid dienone is 1. The minimum absolute atomic E-state index is 0.128. The summed E-state index contributed by atoms with van der Waals surface area (Å²) in [6, 6.07) is 12.7. The molecule has 3 aromatic rings. The van der Waals surface area contributed by atoms with E-state index < -0.39 is 0 Å². The van der Waals surface area contributed by atoms with E-state index in [9.17, 15) is 9.18 Å². The zero-order valence-corrected chi connectivity index (χ0v) is 15.4. The van der Waals surface area contributed by atoms with E-state index in [0.717, 1.165) is 28.8 Å². The molecular formula is C23H20FN3O. The van der Waals surface area contributed by atoms with Crippen molar-refractivity contribution in [2.45, 2.75) is 25.9 Å². The highest BCUT2D eigenvalue weighted by atomic mass is 19.1. The van der Waals surface area contributed by atoms with Crippen LogP contribution in [-0.2, 0) is 30.7 Å². The van der Waals surface area contributed by atoms with Gasteiger partial charge in [0.2, 0.25) is 5.91 Å². The summed E-state index contributed by atoms with van der Waals surface area (Å²) in [7, 11) is 0. The molecule has 0 fully saturated rings. The van der Waals surface area contributed by atoms with Crippen molar-refractivity contribution in [1.29, 1.82) is 0 Å². The number of hydrogen-bond donors (Lipinski definition) is 0. The molecule has 0 bridgehead atoms. The molecule has 5 rings (SSSR count). The molecular weight excluding hydrogens is 353 g/mol. The molecule has 4 nitrogen and oxygen atoms in total. The van der Waals surface area contributed by atoms with Gasteiger partial charge in [0, 0.05) is 12.1 Å². The average Bonchev–Trinajstić information content (AvgIpc) is 3.34. The van der Waals surface area contributed by atoms with Crippen molar-refractivity contribution in [2.75, 3.05) is 6.54 Å². The van der Waals surface area contributed by atoms with Crippen LogP contribution < -0.4 is 0 Å². The van der Waals surface area contributed by atoms with Gasteiger partial charge >= 0.3 is 0 Å². The SMILES string of the molecule is O=C(Cc1ccc2c(c1)CC=C2)N1CCn2ncc(-c3ccc(F)cc3)c2C1. The number of amides is 1. The number of fused-ring (bicyclic) bond motifs is 2. The molecule has 2 aromatic carbocycles. The van der Waals surface area contributed by atoms with Crippen LogP contribution in [0.4, 0.5) is 4.39 Å². The summed E-state index contributed by atoms with van der Waals surface area (Å²) in [5.41, 5.74) is 6.49. The summed E-state index contributed by atoms with van der Waals surface area (Å²) in [4.78, 5) is 14.8. The number of benzene rings is 2. The molecule has 140 valence electrons. The summed E-state index contributed by atoms with van der Waals surface area (Å²) < 4.78 is 15.2. The summed E-state index contributed by atoms with van der Waals surface area (Å²) in [6.07, 6.45) is 7.45. The first-order valence-corrected chi connectivity index (χ1v) is 9.54. The highest BCUT2D eigenvalue weighted by molar-refractivity contribution is 5.79. The van der Waals surface area contributed by atoms with E-state index in [-0.39, 0.29) is 11.7 Å². The molecule has 1 aromatic heterocycles. The largest absolute Gasteiger partial charge is 0.335 e. The molecule has 0 saturated carbocycles. The van der Waals surface area contributed by atoms with Crippen LogP contribution in [0.1, 0.15) is 22.4 Å². The average molecular weight is 373 g/mol. The maximum absolute atomic E-state index is 13.2. The Morgan fingerprint density at radius 2 is 1.96 bits per heavy atom. The lowest BCUT2D eigenvalue weighted by molar-refractivity contribution is -0.131. The van der Waals surface area contributed by atoms with Crippen LogP contribution in [0, 0.1) is 5.82 Å². The van der Waals surface area contributed by atoms with Crippen molar-refractivity contribution in [2.24, 2.45) is 0 Å². The van der Waals surface area contributed by atoms with Crippen molar-refractivity contribution in [1.82, 2.24) is 14.7 Å². The molecule has 1 aliphatic heterocycles. The van der Waals surface area contributed by atoms with Crippen LogP contribution in [0.2, 0.25) is 0 Å². The normalized spacial score (nSPS) is 14.8. The third-order valence-corrected chi connectivity index (χ3v) is 5.58. The number of carbonyl (C=O) groups excluding carboxylic acids is 1. The first-order chi connectivity index (χ1) is 13.7. The van der Waals surface area contributed by atoms with Crippen molar-refractivity contribution >= 4 is 12.0 Å². The molecule has 0 unspecified atom stereocenters. The van der Waals surface area contributed by atoms with Crippen LogP contribution >= 0.6 is 0 Å². The Labute approximate surface area is 162 Å². The van der Waals surface area contributed by atoms with Gasteiger partial charge in [0.05, 0.1) is 31.4 Å². The molecule has 28 heavy (non-hydrogen) atoms. The van der Waals surface area contributed by atoms with Gasteiger partial charge in [-0.3, -0.25) is 9.48 Å². The number of rotatable bonds is 3. The van der Waals surface area contributed by atoms with Gasteiger partial charge in [0.1, 0.15) is 5.82 Å². The van der Waals surface area contributed by atoms with E-state index in [4.69, 9.17) is 0 Å². The predicted octanol–water partition coefficient (Wildman–Crippen LogP) is 3.84. The predicted molar refractivity (Wildman–Crippen MR) is 106 cm³/mol. The Balaban J connectivity index is 1.34. The number of hydrogen-bond acceptors (Lipinski definition) is 2. The Bertz CT molecular complexity index is 1080. The van der Waals surface area contributed by atoms with Gasteiger partial charge < -0.3 is 4.90 Å². The Morgan fingerprint density at radius 1 is 1.11 bits per heavy atom. The third-order valence-electron chi connectivity index (χ3n) is 5.58. The van der Waals surface area contributed by atoms with Gasteiger partial charge in [-0.1, -0.05) is 42.5 Å². The van der Waals surface area contributed by atoms with E-state index in [2.05, 4.69) is 29.4 Å². The van der Waals surface area contributed by atoms with Gasteiger partial charge in [-0.2, -0.15) is 5.10 Å². The summed E-state index contributed by atoms with van der Waals surface area (Å²) in [6.45, 7) is 1.86. The molecule has 0 spiro atoms. The fraction of sp³-hybridized carbons (Fsp3) is 0.217. The molecule has 0 atom stereocenters. The van der Waals surface area contributed by atoms with Gasteiger partial charge in [-0.15, -0.1) is 0 Å². The second kappa shape index (κ2) is 6.75. The summed E-state index contributed by atoms with van der Waals surface area (Å²) in [5, 5.41) is 4.45. The molecule has 1 aliphatic carbocycles. The van der Waals surface area contributed by atoms with Crippen molar-refractivity contribution in [3.63, 3.8) is 0 Å². The summed E-state index contributed by atoms with van der Waals surface area (Å²) >= 11 is 0.